The van der Waals surface area contributed by atoms with Crippen LogP contribution >= 0.6 is 24.4 Å². The largest absolute Gasteiger partial charge is 0.480 e. The van der Waals surface area contributed by atoms with Gasteiger partial charge in [-0.2, -0.15) is 12.6 Å². The van der Waals surface area contributed by atoms with Crippen LogP contribution in [0.3, 0.4) is 0 Å². The molecular weight excluding hydrogens is 354 g/mol. The number of thiol groups is 1. The monoisotopic (exact) mass is 383 g/mol. The Morgan fingerprint density at radius 3 is 2.20 bits per heavy atom. The van der Waals surface area contributed by atoms with E-state index in [4.69, 9.17) is 0 Å². The average molecular weight is 384 g/mol. The first-order valence-corrected chi connectivity index (χ1v) is 11.2. The average Bonchev–Trinajstić information content (AvgIpc) is 2.95. The van der Waals surface area contributed by atoms with Gasteiger partial charge in [-0.1, -0.05) is 6.92 Å². The molecule has 0 radical (unpaired) electrons. The quantitative estimate of drug-likeness (QED) is 0.715. The second kappa shape index (κ2) is 6.66. The van der Waals surface area contributed by atoms with E-state index in [1.165, 1.54) is 38.5 Å². The SMILES string of the molecule is CC(CS)C(=O)N1C[C@@H](SC23CC4CC(CC(C4)C2)C3)C[C@H]1C(=O)O. The number of hydrogen-bond acceptors (Lipinski definition) is 4. The van der Waals surface area contributed by atoms with Crippen LogP contribution < -0.4 is 0 Å². The second-order valence-corrected chi connectivity index (χ2v) is 11.1. The molecule has 140 valence electrons. The van der Waals surface area contributed by atoms with Crippen LogP contribution in [0.5, 0.6) is 0 Å². The van der Waals surface area contributed by atoms with Crippen LogP contribution in [0.25, 0.3) is 0 Å². The number of amides is 1. The van der Waals surface area contributed by atoms with Crippen molar-refractivity contribution < 1.29 is 14.7 Å². The third-order valence-corrected chi connectivity index (χ3v) is 9.15. The lowest BCUT2D eigenvalue weighted by atomic mass is 9.56. The predicted octanol–water partition coefficient (Wildman–Crippen LogP) is 3.31. The summed E-state index contributed by atoms with van der Waals surface area (Å²) in [5.74, 6) is 2.05. The molecular formula is C19H29NO3S2. The van der Waals surface area contributed by atoms with Crippen molar-refractivity contribution in [3.8, 4) is 0 Å². The van der Waals surface area contributed by atoms with Crippen LogP contribution in [-0.2, 0) is 9.59 Å². The van der Waals surface area contributed by atoms with Crippen LogP contribution in [0.2, 0.25) is 0 Å². The molecule has 1 aliphatic heterocycles. The molecule has 5 fully saturated rings. The number of likely N-dealkylation sites (tertiary alicyclic amines) is 1. The number of aliphatic carboxylic acids is 1. The van der Waals surface area contributed by atoms with Gasteiger partial charge in [-0.25, -0.2) is 4.79 Å². The molecule has 1 amide bonds. The Bertz CT molecular complexity index is 532. The van der Waals surface area contributed by atoms with Gasteiger partial charge in [0, 0.05) is 28.2 Å². The Morgan fingerprint density at radius 1 is 1.16 bits per heavy atom. The molecule has 1 unspecified atom stereocenters. The lowest BCUT2D eigenvalue weighted by Crippen LogP contribution is -2.49. The molecule has 25 heavy (non-hydrogen) atoms. The number of carbonyl (C=O) groups excluding carboxylic acids is 1. The fourth-order valence-electron chi connectivity index (χ4n) is 6.25. The highest BCUT2D eigenvalue weighted by atomic mass is 32.2. The lowest BCUT2D eigenvalue weighted by Gasteiger charge is -2.57. The maximum absolute atomic E-state index is 12.6. The van der Waals surface area contributed by atoms with Crippen LogP contribution in [-0.4, -0.2) is 50.2 Å². The topological polar surface area (TPSA) is 57.6 Å². The van der Waals surface area contributed by atoms with Crippen LogP contribution in [0, 0.1) is 23.7 Å². The highest BCUT2D eigenvalue weighted by Gasteiger charge is 2.53. The molecule has 6 heteroatoms. The van der Waals surface area contributed by atoms with E-state index in [0.29, 0.717) is 23.5 Å². The number of thioether (sulfide) groups is 1. The second-order valence-electron chi connectivity index (χ2n) is 9.00. The molecule has 5 rings (SSSR count). The van der Waals surface area contributed by atoms with Gasteiger partial charge in [-0.3, -0.25) is 4.79 Å². The molecule has 4 bridgehead atoms. The number of nitrogens with zero attached hydrogens (tertiary/aromatic N) is 1. The Hall–Kier alpha value is -0.360. The van der Waals surface area contributed by atoms with Crippen molar-refractivity contribution in [2.24, 2.45) is 23.7 Å². The lowest BCUT2D eigenvalue weighted by molar-refractivity contribution is -0.149. The van der Waals surface area contributed by atoms with Crippen molar-refractivity contribution in [2.45, 2.75) is 67.9 Å². The van der Waals surface area contributed by atoms with Crippen LogP contribution in [0.4, 0.5) is 0 Å². The maximum atomic E-state index is 12.6. The van der Waals surface area contributed by atoms with Crippen LogP contribution in [0.15, 0.2) is 0 Å². The summed E-state index contributed by atoms with van der Waals surface area (Å²) < 4.78 is 0.372. The number of carbonyl (C=O) groups is 2. The molecule has 4 nitrogen and oxygen atoms in total. The summed E-state index contributed by atoms with van der Waals surface area (Å²) in [6, 6.07) is -0.652. The zero-order valence-corrected chi connectivity index (χ0v) is 16.6. The minimum absolute atomic E-state index is 0.0454. The molecule has 0 aromatic heterocycles. The maximum Gasteiger partial charge on any atom is 0.326 e. The summed E-state index contributed by atoms with van der Waals surface area (Å²) in [6.45, 7) is 2.44. The van der Waals surface area contributed by atoms with E-state index >= 15 is 0 Å². The van der Waals surface area contributed by atoms with Crippen molar-refractivity contribution in [2.75, 3.05) is 12.3 Å². The van der Waals surface area contributed by atoms with Gasteiger partial charge < -0.3 is 10.0 Å². The first-order valence-electron chi connectivity index (χ1n) is 9.71. The van der Waals surface area contributed by atoms with Gasteiger partial charge in [0.1, 0.15) is 6.04 Å². The van der Waals surface area contributed by atoms with Gasteiger partial charge in [0.05, 0.1) is 0 Å². The van der Waals surface area contributed by atoms with Gasteiger partial charge in [-0.15, -0.1) is 11.8 Å². The first kappa shape index (κ1) is 18.0. The number of carboxylic acids is 1. The highest BCUT2D eigenvalue weighted by molar-refractivity contribution is 8.01. The summed E-state index contributed by atoms with van der Waals surface area (Å²) in [5, 5.41) is 9.88. The number of hydrogen-bond donors (Lipinski definition) is 2. The van der Waals surface area contributed by atoms with E-state index in [0.717, 1.165) is 17.8 Å². The molecule has 4 saturated carbocycles. The Labute approximate surface area is 159 Å². The highest BCUT2D eigenvalue weighted by Crippen LogP contribution is 2.61. The molecule has 1 heterocycles. The Morgan fingerprint density at radius 2 is 1.72 bits per heavy atom. The van der Waals surface area contributed by atoms with Crippen molar-refractivity contribution in [1.29, 1.82) is 0 Å². The number of rotatable bonds is 5. The minimum atomic E-state index is -0.853. The predicted molar refractivity (Wildman–Crippen MR) is 103 cm³/mol. The van der Waals surface area contributed by atoms with Gasteiger partial charge >= 0.3 is 5.97 Å². The van der Waals surface area contributed by atoms with Crippen molar-refractivity contribution in [3.05, 3.63) is 0 Å². The molecule has 1 saturated heterocycles. The summed E-state index contributed by atoms with van der Waals surface area (Å²) in [5.41, 5.74) is 0. The molecule has 5 aliphatic rings. The molecule has 0 aromatic rings. The van der Waals surface area contributed by atoms with E-state index in [1.807, 2.05) is 6.92 Å². The number of carboxylic acid groups (broad SMARTS) is 1. The summed E-state index contributed by atoms with van der Waals surface area (Å²) in [7, 11) is 0. The smallest absolute Gasteiger partial charge is 0.326 e. The van der Waals surface area contributed by atoms with Gasteiger partial charge in [-0.05, 0) is 62.7 Å². The Balaban J connectivity index is 1.47. The van der Waals surface area contributed by atoms with Gasteiger partial charge in [0.2, 0.25) is 5.91 Å². The van der Waals surface area contributed by atoms with Crippen molar-refractivity contribution in [3.63, 3.8) is 0 Å². The Kier molecular flexibility index (Phi) is 4.80. The molecule has 0 aromatic carbocycles. The third-order valence-electron chi connectivity index (χ3n) is 6.92. The standard InChI is InChI=1S/C19H29NO3S2/c1-11(10-24)17(21)20-9-15(5-16(20)18(22)23)25-19-6-12-2-13(7-19)4-14(3-12)8-19/h11-16,24H,2-10H2,1H3,(H,22,23)/t11?,12?,13?,14?,15-,16-,19?/m0/s1. The van der Waals surface area contributed by atoms with Crippen LogP contribution in [0.1, 0.15) is 51.9 Å². The minimum Gasteiger partial charge on any atom is -0.480 e. The van der Waals surface area contributed by atoms with E-state index in [-0.39, 0.29) is 17.1 Å². The van der Waals surface area contributed by atoms with Gasteiger partial charge in [0.15, 0.2) is 0 Å². The molecule has 0 spiro atoms. The summed E-state index contributed by atoms with van der Waals surface area (Å²) in [4.78, 5) is 25.9. The summed E-state index contributed by atoms with van der Waals surface area (Å²) >= 11 is 6.27. The van der Waals surface area contributed by atoms with Crippen molar-refractivity contribution >= 4 is 36.3 Å². The van der Waals surface area contributed by atoms with Crippen molar-refractivity contribution in [1.82, 2.24) is 4.90 Å². The normalized spacial score (nSPS) is 43.4. The van der Waals surface area contributed by atoms with E-state index in [1.54, 1.807) is 4.90 Å². The molecule has 3 atom stereocenters. The fourth-order valence-corrected chi connectivity index (χ4v) is 8.62. The van der Waals surface area contributed by atoms with E-state index in [2.05, 4.69) is 24.4 Å². The summed E-state index contributed by atoms with van der Waals surface area (Å²) in [6.07, 6.45) is 8.83. The van der Waals surface area contributed by atoms with E-state index < -0.39 is 12.0 Å². The fraction of sp³-hybridized carbons (Fsp3) is 0.895. The zero-order valence-electron chi connectivity index (χ0n) is 14.9. The van der Waals surface area contributed by atoms with Gasteiger partial charge in [0.25, 0.3) is 0 Å². The molecule has 1 N–H and O–H groups in total. The zero-order chi connectivity index (χ0) is 17.8. The van der Waals surface area contributed by atoms with E-state index in [9.17, 15) is 14.7 Å². The molecule has 4 aliphatic carbocycles. The third kappa shape index (κ3) is 3.33. The first-order chi connectivity index (χ1) is 11.9.